The van der Waals surface area contributed by atoms with E-state index in [0.29, 0.717) is 21.6 Å². The summed E-state index contributed by atoms with van der Waals surface area (Å²) in [5.41, 5.74) is 1.45. The molecule has 1 aromatic heterocycles. The van der Waals surface area contributed by atoms with Crippen molar-refractivity contribution in [2.45, 2.75) is 13.5 Å². The summed E-state index contributed by atoms with van der Waals surface area (Å²) in [5.74, 6) is -0.926. The monoisotopic (exact) mass is 345 g/mol. The first-order chi connectivity index (χ1) is 11.4. The van der Waals surface area contributed by atoms with E-state index in [1.54, 1.807) is 19.1 Å². The highest BCUT2D eigenvalue weighted by Crippen LogP contribution is 2.25. The number of carbonyl (C=O) groups excluding carboxylic acids is 1. The number of hydrogen-bond acceptors (Lipinski definition) is 3. The molecular weight excluding hydrogens is 333 g/mol. The molecule has 0 saturated carbocycles. The van der Waals surface area contributed by atoms with Crippen LogP contribution in [0.2, 0.25) is 5.02 Å². The first-order valence-electron chi connectivity index (χ1n) is 7.20. The zero-order valence-electron chi connectivity index (χ0n) is 12.7. The summed E-state index contributed by atoms with van der Waals surface area (Å²) in [4.78, 5) is 23.8. The molecule has 3 rings (SSSR count). The molecule has 1 heterocycles. The number of benzene rings is 2. The Labute approximate surface area is 141 Å². The predicted octanol–water partition coefficient (Wildman–Crippen LogP) is 3.82. The van der Waals surface area contributed by atoms with Crippen LogP contribution >= 0.6 is 11.6 Å². The number of halogens is 2. The molecular formula is C18H13ClFNO3. The molecule has 4 nitrogen and oxygen atoms in total. The number of hydrogen-bond donors (Lipinski definition) is 1. The lowest BCUT2D eigenvalue weighted by atomic mass is 10.1. The van der Waals surface area contributed by atoms with Crippen molar-refractivity contribution in [1.82, 2.24) is 5.32 Å². The van der Waals surface area contributed by atoms with Gasteiger partial charge < -0.3 is 9.73 Å². The van der Waals surface area contributed by atoms with Gasteiger partial charge in [0.25, 0.3) is 5.91 Å². The first kappa shape index (κ1) is 16.2. The summed E-state index contributed by atoms with van der Waals surface area (Å²) in [6.07, 6.45) is 0. The van der Waals surface area contributed by atoms with Crippen molar-refractivity contribution in [3.8, 4) is 0 Å². The van der Waals surface area contributed by atoms with Gasteiger partial charge in [-0.05, 0) is 48.4 Å². The van der Waals surface area contributed by atoms with Crippen molar-refractivity contribution in [3.63, 3.8) is 0 Å². The quantitative estimate of drug-likeness (QED) is 0.734. The van der Waals surface area contributed by atoms with Crippen LogP contribution in [-0.4, -0.2) is 5.91 Å². The third-order valence-corrected chi connectivity index (χ3v) is 4.04. The molecule has 6 heteroatoms. The van der Waals surface area contributed by atoms with E-state index in [4.69, 9.17) is 16.0 Å². The number of carbonyl (C=O) groups is 1. The van der Waals surface area contributed by atoms with Crippen molar-refractivity contribution in [2.75, 3.05) is 0 Å². The maximum Gasteiger partial charge on any atom is 0.336 e. The molecule has 122 valence electrons. The Morgan fingerprint density at radius 1 is 1.25 bits per heavy atom. The van der Waals surface area contributed by atoms with Crippen LogP contribution in [0, 0.1) is 12.7 Å². The minimum absolute atomic E-state index is 0.0941. The van der Waals surface area contributed by atoms with Gasteiger partial charge in [-0.2, -0.15) is 0 Å². The molecule has 0 unspecified atom stereocenters. The van der Waals surface area contributed by atoms with Crippen LogP contribution in [0.4, 0.5) is 4.39 Å². The average molecular weight is 346 g/mol. The maximum absolute atomic E-state index is 13.2. The lowest BCUT2D eigenvalue weighted by Gasteiger charge is -2.09. The number of fused-ring (bicyclic) bond motifs is 1. The van der Waals surface area contributed by atoms with E-state index in [0.717, 1.165) is 11.6 Å². The van der Waals surface area contributed by atoms with Gasteiger partial charge in [-0.15, -0.1) is 0 Å². The third-order valence-electron chi connectivity index (χ3n) is 3.64. The van der Waals surface area contributed by atoms with Crippen molar-refractivity contribution >= 4 is 28.5 Å². The predicted molar refractivity (Wildman–Crippen MR) is 89.8 cm³/mol. The van der Waals surface area contributed by atoms with Gasteiger partial charge in [0, 0.05) is 28.6 Å². The Balaban J connectivity index is 1.91. The molecule has 24 heavy (non-hydrogen) atoms. The molecule has 0 radical (unpaired) electrons. The van der Waals surface area contributed by atoms with Crippen molar-refractivity contribution in [3.05, 3.63) is 80.4 Å². The normalized spacial score (nSPS) is 10.8. The van der Waals surface area contributed by atoms with Crippen LogP contribution in [-0.2, 0) is 6.54 Å². The van der Waals surface area contributed by atoms with Gasteiger partial charge in [-0.3, -0.25) is 4.79 Å². The molecule has 0 atom stereocenters. The number of amides is 1. The van der Waals surface area contributed by atoms with Crippen LogP contribution in [0.1, 0.15) is 21.5 Å². The average Bonchev–Trinajstić information content (AvgIpc) is 2.54. The van der Waals surface area contributed by atoms with Crippen LogP contribution in [0.3, 0.4) is 0 Å². The molecule has 0 fully saturated rings. The van der Waals surface area contributed by atoms with E-state index < -0.39 is 17.3 Å². The summed E-state index contributed by atoms with van der Waals surface area (Å²) in [5, 5.41) is 3.85. The highest BCUT2D eigenvalue weighted by molar-refractivity contribution is 6.32. The molecule has 3 aromatic rings. The first-order valence-corrected chi connectivity index (χ1v) is 7.58. The highest BCUT2D eigenvalue weighted by atomic mass is 35.5. The third kappa shape index (κ3) is 3.31. The highest BCUT2D eigenvalue weighted by Gasteiger charge is 2.11. The maximum atomic E-state index is 13.2. The van der Waals surface area contributed by atoms with Crippen LogP contribution in [0.15, 0.2) is 51.7 Å². The molecule has 2 aromatic carbocycles. The summed E-state index contributed by atoms with van der Waals surface area (Å²) in [6, 6.07) is 10.1. The van der Waals surface area contributed by atoms with Gasteiger partial charge in [-0.1, -0.05) is 17.7 Å². The Morgan fingerprint density at radius 2 is 2.04 bits per heavy atom. The summed E-state index contributed by atoms with van der Waals surface area (Å²) >= 11 is 6.13. The van der Waals surface area contributed by atoms with E-state index in [1.807, 2.05) is 0 Å². The Bertz CT molecular complexity index is 997. The number of nitrogens with one attached hydrogen (secondary N) is 1. The minimum Gasteiger partial charge on any atom is -0.423 e. The van der Waals surface area contributed by atoms with Crippen molar-refractivity contribution < 1.29 is 13.6 Å². The molecule has 0 saturated heterocycles. The molecule has 0 aliphatic carbocycles. The SMILES string of the molecule is Cc1cc2oc(=O)cc(CNC(=O)c3cccc(F)c3)c2cc1Cl. The van der Waals surface area contributed by atoms with Gasteiger partial charge in [0.1, 0.15) is 11.4 Å². The van der Waals surface area contributed by atoms with E-state index in [9.17, 15) is 14.0 Å². The Morgan fingerprint density at radius 3 is 2.79 bits per heavy atom. The van der Waals surface area contributed by atoms with E-state index in [1.165, 1.54) is 24.3 Å². The standard InChI is InChI=1S/C18H13ClFNO3/c1-10-5-16-14(8-15(10)19)12(7-17(22)24-16)9-21-18(23)11-3-2-4-13(20)6-11/h2-8H,9H2,1H3,(H,21,23). The van der Waals surface area contributed by atoms with Crippen LogP contribution < -0.4 is 10.9 Å². The largest absolute Gasteiger partial charge is 0.423 e. The molecule has 0 aliphatic heterocycles. The fraction of sp³-hybridized carbons (Fsp3) is 0.111. The van der Waals surface area contributed by atoms with Crippen LogP contribution in [0.25, 0.3) is 11.0 Å². The molecule has 0 bridgehead atoms. The zero-order chi connectivity index (χ0) is 17.3. The smallest absolute Gasteiger partial charge is 0.336 e. The van der Waals surface area contributed by atoms with E-state index in [-0.39, 0.29) is 12.1 Å². The number of rotatable bonds is 3. The van der Waals surface area contributed by atoms with Crippen LogP contribution in [0.5, 0.6) is 0 Å². The van der Waals surface area contributed by atoms with Gasteiger partial charge in [0.15, 0.2) is 0 Å². The lowest BCUT2D eigenvalue weighted by molar-refractivity contribution is 0.0950. The number of aryl methyl sites for hydroxylation is 1. The van der Waals surface area contributed by atoms with Gasteiger partial charge in [0.05, 0.1) is 0 Å². The van der Waals surface area contributed by atoms with E-state index in [2.05, 4.69) is 5.32 Å². The second-order valence-corrected chi connectivity index (χ2v) is 5.79. The fourth-order valence-corrected chi connectivity index (χ4v) is 2.57. The topological polar surface area (TPSA) is 59.3 Å². The fourth-order valence-electron chi connectivity index (χ4n) is 2.40. The van der Waals surface area contributed by atoms with Gasteiger partial charge in [0.2, 0.25) is 0 Å². The van der Waals surface area contributed by atoms with Gasteiger partial charge >= 0.3 is 5.63 Å². The summed E-state index contributed by atoms with van der Waals surface area (Å²) < 4.78 is 18.4. The second-order valence-electron chi connectivity index (χ2n) is 5.38. The molecule has 0 spiro atoms. The lowest BCUT2D eigenvalue weighted by Crippen LogP contribution is -2.23. The zero-order valence-corrected chi connectivity index (χ0v) is 13.5. The summed E-state index contributed by atoms with van der Waals surface area (Å²) in [7, 11) is 0. The Kier molecular flexibility index (Phi) is 4.36. The van der Waals surface area contributed by atoms with E-state index >= 15 is 0 Å². The molecule has 1 N–H and O–H groups in total. The van der Waals surface area contributed by atoms with Crippen molar-refractivity contribution in [1.29, 1.82) is 0 Å². The van der Waals surface area contributed by atoms with Crippen molar-refractivity contribution in [2.24, 2.45) is 0 Å². The molecule has 0 aliphatic rings. The van der Waals surface area contributed by atoms with Gasteiger partial charge in [-0.25, -0.2) is 9.18 Å². The second kappa shape index (κ2) is 6.45. The summed E-state index contributed by atoms with van der Waals surface area (Å²) in [6.45, 7) is 1.90. The Hall–Kier alpha value is -2.66. The molecule has 1 amide bonds. The minimum atomic E-state index is -0.515.